The lowest BCUT2D eigenvalue weighted by Crippen LogP contribution is -2.13. The van der Waals surface area contributed by atoms with Crippen LogP contribution >= 0.6 is 24.0 Å². The zero-order valence-electron chi connectivity index (χ0n) is 20.5. The second-order valence-electron chi connectivity index (χ2n) is 10.5. The Kier molecular flexibility index (Phi) is 12.1. The third kappa shape index (κ3) is 12.7. The molecular formula is C26H40BrNO3P+. The first-order valence-electron chi connectivity index (χ1n) is 11.2. The number of unbranched alkanes of at least 4 members (excludes halogenated alkanes) is 1. The molecule has 0 spiro atoms. The molecule has 0 saturated heterocycles. The van der Waals surface area contributed by atoms with Crippen LogP contribution in [0, 0.1) is 10.8 Å². The Balaban J connectivity index is 0.000000425. The molecule has 0 radical (unpaired) electrons. The standard InChI is InChI=1S/C20H35NO.C6H4BrO2P/c1-19(2,3)14-16-9-10-17(15-20(4,5)6)18(13-16)22-12-8-7-11-21;7-5-1-3-6(4-2-5)10(8)9/h9-10,13H,7-8,11-12,14-15,21H2,1-6H3;1-4H/p+1. The van der Waals surface area contributed by atoms with E-state index in [4.69, 9.17) is 15.4 Å². The van der Waals surface area contributed by atoms with Gasteiger partial charge in [0.15, 0.2) is 0 Å². The van der Waals surface area contributed by atoms with Gasteiger partial charge in [0.2, 0.25) is 5.30 Å². The van der Waals surface area contributed by atoms with Gasteiger partial charge in [0.25, 0.3) is 0 Å². The molecule has 0 aliphatic heterocycles. The molecule has 0 aliphatic carbocycles. The molecular weight excluding hydrogens is 485 g/mol. The van der Waals surface area contributed by atoms with Crippen molar-refractivity contribution in [3.8, 4) is 5.75 Å². The summed E-state index contributed by atoms with van der Waals surface area (Å²) in [4.78, 5) is 8.61. The van der Waals surface area contributed by atoms with Crippen molar-refractivity contribution >= 4 is 29.3 Å². The third-order valence-corrected chi connectivity index (χ3v) is 5.76. The Labute approximate surface area is 204 Å². The van der Waals surface area contributed by atoms with Crippen LogP contribution < -0.4 is 15.8 Å². The van der Waals surface area contributed by atoms with E-state index in [1.54, 1.807) is 24.3 Å². The van der Waals surface area contributed by atoms with Crippen molar-refractivity contribution < 1.29 is 14.2 Å². The Hall–Kier alpha value is -1.26. The van der Waals surface area contributed by atoms with Gasteiger partial charge in [-0.05, 0) is 89.1 Å². The van der Waals surface area contributed by atoms with E-state index in [0.717, 1.165) is 49.1 Å². The summed E-state index contributed by atoms with van der Waals surface area (Å²) in [5, 5.41) is 0.457. The first-order chi connectivity index (χ1) is 14.8. The van der Waals surface area contributed by atoms with Crippen molar-refractivity contribution in [2.24, 2.45) is 16.6 Å². The topological polar surface area (TPSA) is 72.5 Å². The normalized spacial score (nSPS) is 12.1. The van der Waals surface area contributed by atoms with Crippen LogP contribution in [0.4, 0.5) is 0 Å². The van der Waals surface area contributed by atoms with Crippen LogP contribution in [-0.2, 0) is 17.4 Å². The summed E-state index contributed by atoms with van der Waals surface area (Å²) in [6.45, 7) is 15.1. The lowest BCUT2D eigenvalue weighted by atomic mass is 9.85. The van der Waals surface area contributed by atoms with Gasteiger partial charge in [0, 0.05) is 4.47 Å². The molecule has 0 aliphatic rings. The second kappa shape index (κ2) is 13.4. The van der Waals surface area contributed by atoms with Gasteiger partial charge >= 0.3 is 8.03 Å². The van der Waals surface area contributed by atoms with Crippen LogP contribution in [0.1, 0.15) is 65.5 Å². The average Bonchev–Trinajstić information content (AvgIpc) is 2.66. The van der Waals surface area contributed by atoms with Crippen molar-refractivity contribution in [3.63, 3.8) is 0 Å². The molecule has 32 heavy (non-hydrogen) atoms. The monoisotopic (exact) mass is 524 g/mol. The molecule has 2 aromatic carbocycles. The van der Waals surface area contributed by atoms with Crippen LogP contribution in [0.15, 0.2) is 46.9 Å². The first-order valence-corrected chi connectivity index (χ1v) is 13.2. The van der Waals surface area contributed by atoms with E-state index in [0.29, 0.717) is 10.7 Å². The minimum absolute atomic E-state index is 0.265. The molecule has 2 aromatic rings. The van der Waals surface area contributed by atoms with Crippen molar-refractivity contribution in [3.05, 3.63) is 58.1 Å². The van der Waals surface area contributed by atoms with Gasteiger partial charge in [-0.15, -0.1) is 0 Å². The third-order valence-electron chi connectivity index (χ3n) is 4.49. The van der Waals surface area contributed by atoms with Crippen molar-refractivity contribution in [2.75, 3.05) is 13.2 Å². The summed E-state index contributed by atoms with van der Waals surface area (Å²) in [6, 6.07) is 13.5. The Morgan fingerprint density at radius 2 is 1.53 bits per heavy atom. The highest BCUT2D eigenvalue weighted by molar-refractivity contribution is 9.10. The second-order valence-corrected chi connectivity index (χ2v) is 12.5. The Bertz CT molecular complexity index is 840. The molecule has 2 rings (SSSR count). The molecule has 1 atom stereocenters. The number of benzene rings is 2. The summed E-state index contributed by atoms with van der Waals surface area (Å²) in [5.41, 5.74) is 8.80. The zero-order valence-corrected chi connectivity index (χ0v) is 22.9. The predicted molar refractivity (Wildman–Crippen MR) is 140 cm³/mol. The summed E-state index contributed by atoms with van der Waals surface area (Å²) in [6.07, 6.45) is 4.15. The molecule has 178 valence electrons. The van der Waals surface area contributed by atoms with E-state index in [1.165, 1.54) is 11.1 Å². The summed E-state index contributed by atoms with van der Waals surface area (Å²) < 4.78 is 17.4. The molecule has 0 saturated carbocycles. The maximum atomic E-state index is 10.4. The molecule has 3 N–H and O–H groups in total. The van der Waals surface area contributed by atoms with Crippen LogP contribution in [0.2, 0.25) is 0 Å². The summed E-state index contributed by atoms with van der Waals surface area (Å²) in [7, 11) is -2.18. The predicted octanol–water partition coefficient (Wildman–Crippen LogP) is 6.79. The molecule has 0 amide bonds. The van der Waals surface area contributed by atoms with Crippen molar-refractivity contribution in [1.82, 2.24) is 0 Å². The largest absolute Gasteiger partial charge is 0.546 e. The van der Waals surface area contributed by atoms with E-state index in [-0.39, 0.29) is 5.41 Å². The number of hydrogen-bond acceptors (Lipinski definition) is 3. The number of halogens is 1. The number of rotatable bonds is 8. The maximum Gasteiger partial charge on any atom is 0.546 e. The SMILES string of the molecule is CC(C)(C)Cc1ccc(CC(C)(C)C)c(OCCCCN)c1.O=[P+](O)c1ccc(Br)cc1. The summed E-state index contributed by atoms with van der Waals surface area (Å²) >= 11 is 3.22. The molecule has 0 fully saturated rings. The van der Waals surface area contributed by atoms with Gasteiger partial charge in [-0.3, -0.25) is 0 Å². The quantitative estimate of drug-likeness (QED) is 0.294. The zero-order chi connectivity index (χ0) is 24.4. The molecule has 1 unspecified atom stereocenters. The fraction of sp³-hybridized carbons (Fsp3) is 0.538. The molecule has 6 heteroatoms. The van der Waals surface area contributed by atoms with Crippen LogP contribution in [-0.4, -0.2) is 18.0 Å². The maximum absolute atomic E-state index is 10.4. The Morgan fingerprint density at radius 3 is 2.03 bits per heavy atom. The molecule has 4 nitrogen and oxygen atoms in total. The minimum atomic E-state index is -2.18. The number of ether oxygens (including phenoxy) is 1. The fourth-order valence-corrected chi connectivity index (χ4v) is 3.84. The van der Waals surface area contributed by atoms with E-state index < -0.39 is 8.03 Å². The Morgan fingerprint density at radius 1 is 0.938 bits per heavy atom. The molecule has 0 bridgehead atoms. The van der Waals surface area contributed by atoms with Crippen molar-refractivity contribution in [1.29, 1.82) is 0 Å². The highest BCUT2D eigenvalue weighted by atomic mass is 79.9. The van der Waals surface area contributed by atoms with Crippen LogP contribution in [0.25, 0.3) is 0 Å². The van der Waals surface area contributed by atoms with Gasteiger partial charge in [-0.1, -0.05) is 69.6 Å². The fourth-order valence-electron chi connectivity index (χ4n) is 3.17. The summed E-state index contributed by atoms with van der Waals surface area (Å²) in [5.74, 6) is 1.06. The van der Waals surface area contributed by atoms with Gasteiger partial charge in [-0.25, -0.2) is 0 Å². The smallest absolute Gasteiger partial charge is 0.493 e. The van der Waals surface area contributed by atoms with Gasteiger partial charge < -0.3 is 10.5 Å². The van der Waals surface area contributed by atoms with Crippen LogP contribution in [0.3, 0.4) is 0 Å². The highest BCUT2D eigenvalue weighted by Gasteiger charge is 2.17. The molecule has 0 heterocycles. The van der Waals surface area contributed by atoms with Crippen LogP contribution in [0.5, 0.6) is 5.75 Å². The van der Waals surface area contributed by atoms with E-state index in [2.05, 4.69) is 75.7 Å². The highest BCUT2D eigenvalue weighted by Crippen LogP contribution is 2.31. The average molecular weight is 525 g/mol. The molecule has 0 aromatic heterocycles. The van der Waals surface area contributed by atoms with Gasteiger partial charge in [-0.2, -0.15) is 4.89 Å². The first kappa shape index (κ1) is 28.8. The number of nitrogens with two attached hydrogens (primary N) is 1. The lowest BCUT2D eigenvalue weighted by Gasteiger charge is -2.23. The van der Waals surface area contributed by atoms with E-state index in [1.807, 2.05) is 0 Å². The minimum Gasteiger partial charge on any atom is -0.493 e. The van der Waals surface area contributed by atoms with Gasteiger partial charge in [0.05, 0.1) is 6.61 Å². The van der Waals surface area contributed by atoms with E-state index >= 15 is 0 Å². The van der Waals surface area contributed by atoms with Gasteiger partial charge in [0.1, 0.15) is 5.75 Å². The number of hydrogen-bond donors (Lipinski definition) is 2. The lowest BCUT2D eigenvalue weighted by molar-refractivity contribution is 0.298. The van der Waals surface area contributed by atoms with E-state index in [9.17, 15) is 4.57 Å². The van der Waals surface area contributed by atoms with Crippen molar-refractivity contribution in [2.45, 2.75) is 67.2 Å².